The molecule has 2 aromatic carbocycles. The Morgan fingerprint density at radius 2 is 1.86 bits per heavy atom. The minimum absolute atomic E-state index is 0.103. The summed E-state index contributed by atoms with van der Waals surface area (Å²) in [5.41, 5.74) is 3.38. The van der Waals surface area contributed by atoms with Crippen molar-refractivity contribution in [3.8, 4) is 5.75 Å². The molecular formula is C26H30N6O3. The van der Waals surface area contributed by atoms with E-state index in [1.54, 1.807) is 13.3 Å². The van der Waals surface area contributed by atoms with E-state index in [0.717, 1.165) is 60.3 Å². The summed E-state index contributed by atoms with van der Waals surface area (Å²) in [7, 11) is 1.67. The van der Waals surface area contributed by atoms with Crippen molar-refractivity contribution in [1.82, 2.24) is 25.0 Å². The zero-order valence-electron chi connectivity index (χ0n) is 20.1. The molecule has 1 aliphatic heterocycles. The highest BCUT2D eigenvalue weighted by atomic mass is 16.5. The maximum absolute atomic E-state index is 12.9. The third-order valence-electron chi connectivity index (χ3n) is 6.62. The smallest absolute Gasteiger partial charge is 0.291 e. The van der Waals surface area contributed by atoms with Crippen molar-refractivity contribution < 1.29 is 9.53 Å². The number of aromatic nitrogens is 3. The third kappa shape index (κ3) is 4.85. The van der Waals surface area contributed by atoms with Gasteiger partial charge in [0.15, 0.2) is 0 Å². The lowest BCUT2D eigenvalue weighted by Gasteiger charge is -2.36. The van der Waals surface area contributed by atoms with Crippen molar-refractivity contribution in [2.24, 2.45) is 0 Å². The average molecular weight is 475 g/mol. The molecule has 1 amide bonds. The number of H-pyrrole nitrogens is 1. The van der Waals surface area contributed by atoms with Crippen LogP contribution in [0.2, 0.25) is 0 Å². The van der Waals surface area contributed by atoms with Gasteiger partial charge in [0.2, 0.25) is 5.91 Å². The molecule has 2 aromatic heterocycles. The zero-order chi connectivity index (χ0) is 24.4. The lowest BCUT2D eigenvalue weighted by atomic mass is 10.1. The van der Waals surface area contributed by atoms with Crippen LogP contribution in [0.1, 0.15) is 5.56 Å². The quantitative estimate of drug-likeness (QED) is 0.426. The van der Waals surface area contributed by atoms with Gasteiger partial charge in [-0.2, -0.15) is 5.10 Å². The zero-order valence-corrected chi connectivity index (χ0v) is 20.1. The van der Waals surface area contributed by atoms with E-state index in [0.29, 0.717) is 12.1 Å². The van der Waals surface area contributed by atoms with Crippen molar-refractivity contribution >= 4 is 33.4 Å². The number of nitrogens with zero attached hydrogens (tertiary/aromatic N) is 4. The molecule has 1 fully saturated rings. The van der Waals surface area contributed by atoms with Gasteiger partial charge in [-0.25, -0.2) is 4.68 Å². The molecule has 9 nitrogen and oxygen atoms in total. The van der Waals surface area contributed by atoms with Gasteiger partial charge in [-0.05, 0) is 43.3 Å². The minimum Gasteiger partial charge on any atom is -0.497 e. The number of hydrogen-bond acceptors (Lipinski definition) is 6. The standard InChI is InChI=1S/C26H30N6O3/c1-18-3-8-23-21(15-18)22-16-28-32(26(34)25(22)29-23)17-24(33)27-9-10-30-11-13-31(14-12-30)19-4-6-20(35-2)7-5-19/h3-8,15-16,29H,9-14,17H2,1-2H3,(H,27,33). The molecule has 182 valence electrons. The second-order valence-corrected chi connectivity index (χ2v) is 8.95. The molecule has 2 N–H and O–H groups in total. The number of rotatable bonds is 7. The molecule has 1 aliphatic rings. The molecule has 1 saturated heterocycles. The van der Waals surface area contributed by atoms with Crippen LogP contribution in [-0.4, -0.2) is 71.9 Å². The van der Waals surface area contributed by atoms with Crippen LogP contribution in [0, 0.1) is 6.92 Å². The number of hydrogen-bond donors (Lipinski definition) is 2. The molecule has 9 heteroatoms. The third-order valence-corrected chi connectivity index (χ3v) is 6.62. The van der Waals surface area contributed by atoms with Crippen molar-refractivity contribution in [3.63, 3.8) is 0 Å². The Morgan fingerprint density at radius 1 is 1.09 bits per heavy atom. The van der Waals surface area contributed by atoms with Gasteiger partial charge in [0.1, 0.15) is 17.8 Å². The van der Waals surface area contributed by atoms with Crippen molar-refractivity contribution in [3.05, 3.63) is 64.6 Å². The largest absolute Gasteiger partial charge is 0.497 e. The fraction of sp³-hybridized carbons (Fsp3) is 0.346. The maximum Gasteiger partial charge on any atom is 0.291 e. The SMILES string of the molecule is COc1ccc(N2CCN(CCNC(=O)Cn3ncc4c([nH]c5ccc(C)cc54)c3=O)CC2)cc1. The van der Waals surface area contributed by atoms with Crippen molar-refractivity contribution in [1.29, 1.82) is 0 Å². The predicted octanol–water partition coefficient (Wildman–Crippen LogP) is 2.13. The monoisotopic (exact) mass is 474 g/mol. The number of piperazine rings is 1. The van der Waals surface area contributed by atoms with Crippen molar-refractivity contribution in [2.45, 2.75) is 13.5 Å². The van der Waals surface area contributed by atoms with Gasteiger partial charge in [0.05, 0.1) is 13.3 Å². The lowest BCUT2D eigenvalue weighted by molar-refractivity contribution is -0.121. The van der Waals surface area contributed by atoms with E-state index in [2.05, 4.69) is 37.3 Å². The number of amides is 1. The first-order chi connectivity index (χ1) is 17.0. The number of nitrogens with one attached hydrogen (secondary N) is 2. The first kappa shape index (κ1) is 22.9. The summed E-state index contributed by atoms with van der Waals surface area (Å²) in [6.07, 6.45) is 1.66. The molecule has 4 aromatic rings. The van der Waals surface area contributed by atoms with Gasteiger partial charge >= 0.3 is 0 Å². The Labute approximate surface area is 203 Å². The van der Waals surface area contributed by atoms with Crippen LogP contribution in [0.5, 0.6) is 5.75 Å². The summed E-state index contributed by atoms with van der Waals surface area (Å²) >= 11 is 0. The van der Waals surface area contributed by atoms with E-state index in [4.69, 9.17) is 4.74 Å². The first-order valence-corrected chi connectivity index (χ1v) is 11.9. The summed E-state index contributed by atoms with van der Waals surface area (Å²) in [4.78, 5) is 33.2. The molecule has 0 unspecified atom stereocenters. The molecule has 35 heavy (non-hydrogen) atoms. The van der Waals surface area contributed by atoms with Crippen LogP contribution >= 0.6 is 0 Å². The summed E-state index contributed by atoms with van der Waals surface area (Å²) in [5, 5.41) is 8.91. The number of ether oxygens (including phenoxy) is 1. The number of benzene rings is 2. The number of methoxy groups -OCH3 is 1. The van der Waals surface area contributed by atoms with Gasteiger partial charge in [-0.3, -0.25) is 14.5 Å². The fourth-order valence-electron chi connectivity index (χ4n) is 4.62. The summed E-state index contributed by atoms with van der Waals surface area (Å²) in [6.45, 7) is 6.94. The lowest BCUT2D eigenvalue weighted by Crippen LogP contribution is -2.48. The molecule has 0 atom stereocenters. The van der Waals surface area contributed by atoms with Crippen molar-refractivity contribution in [2.75, 3.05) is 51.3 Å². The molecule has 0 aliphatic carbocycles. The molecule has 3 heterocycles. The van der Waals surface area contributed by atoms with Crippen LogP contribution < -0.4 is 20.5 Å². The summed E-state index contributed by atoms with van der Waals surface area (Å²) in [5.74, 6) is 0.639. The predicted molar refractivity (Wildman–Crippen MR) is 137 cm³/mol. The van der Waals surface area contributed by atoms with Crippen LogP contribution in [-0.2, 0) is 11.3 Å². The highest BCUT2D eigenvalue weighted by Crippen LogP contribution is 2.23. The Balaban J connectivity index is 1.12. The normalized spacial score (nSPS) is 14.5. The Bertz CT molecular complexity index is 1400. The minimum atomic E-state index is -0.291. The Kier molecular flexibility index (Phi) is 6.41. The highest BCUT2D eigenvalue weighted by Gasteiger charge is 2.18. The second-order valence-electron chi connectivity index (χ2n) is 8.95. The van der Waals surface area contributed by atoms with E-state index in [9.17, 15) is 9.59 Å². The molecular weight excluding hydrogens is 444 g/mol. The maximum atomic E-state index is 12.9. The van der Waals surface area contributed by atoms with E-state index < -0.39 is 0 Å². The number of carbonyl (C=O) groups excluding carboxylic acids is 1. The van der Waals surface area contributed by atoms with Crippen LogP contribution in [0.4, 0.5) is 5.69 Å². The summed E-state index contributed by atoms with van der Waals surface area (Å²) in [6, 6.07) is 14.1. The first-order valence-electron chi connectivity index (χ1n) is 11.9. The molecule has 0 saturated carbocycles. The van der Waals surface area contributed by atoms with Gasteiger partial charge in [0.25, 0.3) is 5.56 Å². The van der Waals surface area contributed by atoms with Crippen LogP contribution in [0.3, 0.4) is 0 Å². The van der Waals surface area contributed by atoms with Crippen LogP contribution in [0.25, 0.3) is 21.8 Å². The summed E-state index contributed by atoms with van der Waals surface area (Å²) < 4.78 is 6.45. The van der Waals surface area contributed by atoms with E-state index >= 15 is 0 Å². The van der Waals surface area contributed by atoms with E-state index in [1.807, 2.05) is 37.3 Å². The Morgan fingerprint density at radius 3 is 2.60 bits per heavy atom. The Hall–Kier alpha value is -3.85. The van der Waals surface area contributed by atoms with E-state index in [-0.39, 0.29) is 18.0 Å². The number of fused-ring (bicyclic) bond motifs is 3. The van der Waals surface area contributed by atoms with Gasteiger partial charge in [-0.1, -0.05) is 11.6 Å². The molecule has 0 spiro atoms. The number of aryl methyl sites for hydroxylation is 1. The topological polar surface area (TPSA) is 95.5 Å². The second kappa shape index (κ2) is 9.79. The number of aromatic amines is 1. The van der Waals surface area contributed by atoms with Crippen LogP contribution in [0.15, 0.2) is 53.5 Å². The molecule has 0 bridgehead atoms. The van der Waals surface area contributed by atoms with Gasteiger partial charge in [0, 0.05) is 61.2 Å². The average Bonchev–Trinajstić information content (AvgIpc) is 3.25. The van der Waals surface area contributed by atoms with E-state index in [1.165, 1.54) is 10.4 Å². The molecule has 5 rings (SSSR count). The highest BCUT2D eigenvalue weighted by molar-refractivity contribution is 6.06. The van der Waals surface area contributed by atoms with Gasteiger partial charge in [-0.15, -0.1) is 0 Å². The number of carbonyl (C=O) groups is 1. The van der Waals surface area contributed by atoms with Gasteiger partial charge < -0.3 is 19.9 Å². The molecule has 0 radical (unpaired) electrons. The fourth-order valence-corrected chi connectivity index (χ4v) is 4.62. The number of anilines is 1.